The molecule has 2 rings (SSSR count). The molecule has 1 aliphatic rings. The molecule has 0 spiro atoms. The normalized spacial score (nSPS) is 16.1. The quantitative estimate of drug-likeness (QED) is 0.527. The largest absolute Gasteiger partial charge is 0.308 e. The maximum Gasteiger partial charge on any atom is 0.141 e. The molecule has 0 aliphatic heterocycles. The topological polar surface area (TPSA) is 58.2 Å². The summed E-state index contributed by atoms with van der Waals surface area (Å²) < 4.78 is 0. The van der Waals surface area contributed by atoms with E-state index in [1.54, 1.807) is 0 Å². The smallest absolute Gasteiger partial charge is 0.141 e. The van der Waals surface area contributed by atoms with Gasteiger partial charge in [0.05, 0.1) is 12.1 Å². The molecule has 0 radical (unpaired) electrons. The summed E-state index contributed by atoms with van der Waals surface area (Å²) in [6, 6.07) is 9.72. The number of aldehydes is 2. The van der Waals surface area contributed by atoms with Crippen LogP contribution in [0.2, 0.25) is 0 Å². The molecule has 5 heteroatoms. The van der Waals surface area contributed by atoms with Crippen LogP contribution in [0, 0.1) is 5.92 Å². The van der Waals surface area contributed by atoms with Gasteiger partial charge in [0.15, 0.2) is 0 Å². The van der Waals surface area contributed by atoms with Crippen LogP contribution in [-0.2, 0) is 9.59 Å². The van der Waals surface area contributed by atoms with Crippen LogP contribution in [0.5, 0.6) is 0 Å². The highest BCUT2D eigenvalue weighted by atomic mass is 32.1. The molecule has 160 valence electrons. The highest BCUT2D eigenvalue weighted by molar-refractivity contribution is 7.59. The van der Waals surface area contributed by atoms with Crippen LogP contribution in [0.3, 0.4) is 0 Å². The van der Waals surface area contributed by atoms with Crippen LogP contribution in [0.25, 0.3) is 0 Å². The lowest BCUT2D eigenvalue weighted by Gasteiger charge is -2.24. The van der Waals surface area contributed by atoms with Crippen molar-refractivity contribution in [3.05, 3.63) is 35.9 Å². The van der Waals surface area contributed by atoms with Gasteiger partial charge in [0.2, 0.25) is 0 Å². The standard InChI is InChI=1S/C12H23NO.C11H15NO.H2S/c1-2-8-13-12(10-14)9-11-6-4-3-5-7-11;1-2-8-12-11(9-13)10-6-4-3-5-7-10;/h10-13H,2-9H2,1H3;3-7,9,11-12H,2,8H2,1H3;1H2. The van der Waals surface area contributed by atoms with E-state index in [9.17, 15) is 9.59 Å². The molecule has 0 aromatic heterocycles. The third-order valence-corrected chi connectivity index (χ3v) is 5.04. The SMILES string of the molecule is CCCNC(C=O)CC1CCCCC1.CCCNC(C=O)c1ccccc1.S. The molecule has 1 fully saturated rings. The van der Waals surface area contributed by atoms with E-state index in [1.807, 2.05) is 30.3 Å². The fourth-order valence-corrected chi connectivity index (χ4v) is 3.50. The molecular weight excluding hydrogens is 368 g/mol. The lowest BCUT2D eigenvalue weighted by atomic mass is 9.85. The number of rotatable bonds is 11. The van der Waals surface area contributed by atoms with Gasteiger partial charge in [-0.3, -0.25) is 0 Å². The van der Waals surface area contributed by atoms with Gasteiger partial charge in [0, 0.05) is 0 Å². The fourth-order valence-electron chi connectivity index (χ4n) is 3.50. The Kier molecular flexibility index (Phi) is 17.1. The molecule has 1 aromatic rings. The molecular formula is C23H40N2O2S. The molecule has 1 aromatic carbocycles. The van der Waals surface area contributed by atoms with E-state index in [0.717, 1.165) is 56.4 Å². The van der Waals surface area contributed by atoms with E-state index in [1.165, 1.54) is 32.1 Å². The average Bonchev–Trinajstić information content (AvgIpc) is 2.73. The monoisotopic (exact) mass is 408 g/mol. The third kappa shape index (κ3) is 11.6. The second-order valence-corrected chi connectivity index (χ2v) is 7.41. The highest BCUT2D eigenvalue weighted by Crippen LogP contribution is 2.26. The van der Waals surface area contributed by atoms with Crippen molar-refractivity contribution in [1.82, 2.24) is 10.6 Å². The summed E-state index contributed by atoms with van der Waals surface area (Å²) in [7, 11) is 0. The zero-order chi connectivity index (χ0) is 19.7. The van der Waals surface area contributed by atoms with Crippen molar-refractivity contribution in [3.8, 4) is 0 Å². The van der Waals surface area contributed by atoms with Crippen molar-refractivity contribution in [3.63, 3.8) is 0 Å². The number of hydrogen-bond acceptors (Lipinski definition) is 4. The van der Waals surface area contributed by atoms with Gasteiger partial charge in [-0.05, 0) is 43.8 Å². The van der Waals surface area contributed by atoms with Crippen molar-refractivity contribution in [2.24, 2.45) is 5.92 Å². The van der Waals surface area contributed by atoms with Crippen LogP contribution in [0.4, 0.5) is 0 Å². The minimum atomic E-state index is -0.152. The van der Waals surface area contributed by atoms with Gasteiger partial charge in [0.25, 0.3) is 0 Å². The predicted octanol–water partition coefficient (Wildman–Crippen LogP) is 4.56. The molecule has 2 atom stereocenters. The van der Waals surface area contributed by atoms with Crippen LogP contribution in [0.15, 0.2) is 30.3 Å². The molecule has 1 saturated carbocycles. The first-order valence-electron chi connectivity index (χ1n) is 10.7. The average molecular weight is 409 g/mol. The molecule has 0 heterocycles. The Morgan fingerprint density at radius 2 is 1.54 bits per heavy atom. The van der Waals surface area contributed by atoms with Gasteiger partial charge in [-0.1, -0.05) is 76.3 Å². The van der Waals surface area contributed by atoms with Gasteiger partial charge in [-0.2, -0.15) is 13.5 Å². The minimum Gasteiger partial charge on any atom is -0.308 e. The Morgan fingerprint density at radius 1 is 0.929 bits per heavy atom. The fraction of sp³-hybridized carbons (Fsp3) is 0.652. The zero-order valence-electron chi connectivity index (χ0n) is 17.7. The summed E-state index contributed by atoms with van der Waals surface area (Å²) in [5.41, 5.74) is 1.03. The summed E-state index contributed by atoms with van der Waals surface area (Å²) in [6.07, 6.45) is 12.0. The molecule has 0 bridgehead atoms. The van der Waals surface area contributed by atoms with Gasteiger partial charge in [-0.15, -0.1) is 0 Å². The second kappa shape index (κ2) is 17.9. The van der Waals surface area contributed by atoms with Crippen LogP contribution >= 0.6 is 13.5 Å². The molecule has 0 amide bonds. The molecule has 1 aliphatic carbocycles. The zero-order valence-corrected chi connectivity index (χ0v) is 18.7. The van der Waals surface area contributed by atoms with E-state index < -0.39 is 0 Å². The lowest BCUT2D eigenvalue weighted by molar-refractivity contribution is -0.110. The summed E-state index contributed by atoms with van der Waals surface area (Å²) in [4.78, 5) is 21.6. The van der Waals surface area contributed by atoms with Gasteiger partial charge >= 0.3 is 0 Å². The van der Waals surface area contributed by atoms with Crippen molar-refractivity contribution in [1.29, 1.82) is 0 Å². The third-order valence-electron chi connectivity index (χ3n) is 5.04. The summed E-state index contributed by atoms with van der Waals surface area (Å²) in [5.74, 6) is 0.795. The maximum atomic E-state index is 10.8. The van der Waals surface area contributed by atoms with Crippen molar-refractivity contribution < 1.29 is 9.59 Å². The number of carbonyl (C=O) groups is 2. The Hall–Kier alpha value is -1.17. The first kappa shape index (κ1) is 26.8. The van der Waals surface area contributed by atoms with Gasteiger partial charge < -0.3 is 20.2 Å². The van der Waals surface area contributed by atoms with Gasteiger partial charge in [-0.25, -0.2) is 0 Å². The van der Waals surface area contributed by atoms with E-state index in [0.29, 0.717) is 0 Å². The number of benzene rings is 1. The Balaban J connectivity index is 0.000000504. The molecule has 2 unspecified atom stereocenters. The molecule has 4 nitrogen and oxygen atoms in total. The first-order chi connectivity index (χ1) is 13.2. The Morgan fingerprint density at radius 3 is 2.07 bits per heavy atom. The van der Waals surface area contributed by atoms with E-state index in [4.69, 9.17) is 0 Å². The predicted molar refractivity (Wildman–Crippen MR) is 123 cm³/mol. The maximum absolute atomic E-state index is 10.8. The van der Waals surface area contributed by atoms with Gasteiger partial charge in [0.1, 0.15) is 12.6 Å². The number of nitrogens with one attached hydrogen (secondary N) is 2. The Labute approximate surface area is 178 Å². The summed E-state index contributed by atoms with van der Waals surface area (Å²) in [6.45, 7) is 6.06. The molecule has 2 N–H and O–H groups in total. The number of carbonyl (C=O) groups excluding carboxylic acids is 2. The summed E-state index contributed by atoms with van der Waals surface area (Å²) in [5, 5.41) is 6.47. The first-order valence-corrected chi connectivity index (χ1v) is 10.7. The van der Waals surface area contributed by atoms with Crippen LogP contribution in [-0.4, -0.2) is 31.7 Å². The van der Waals surface area contributed by atoms with Crippen LogP contribution < -0.4 is 10.6 Å². The minimum absolute atomic E-state index is 0. The van der Waals surface area contributed by atoms with Crippen molar-refractivity contribution in [2.45, 2.75) is 77.3 Å². The number of hydrogen-bond donors (Lipinski definition) is 2. The molecule has 28 heavy (non-hydrogen) atoms. The highest BCUT2D eigenvalue weighted by Gasteiger charge is 2.17. The van der Waals surface area contributed by atoms with Crippen molar-refractivity contribution in [2.75, 3.05) is 13.1 Å². The van der Waals surface area contributed by atoms with Crippen molar-refractivity contribution >= 4 is 26.1 Å². The summed E-state index contributed by atoms with van der Waals surface area (Å²) >= 11 is 0. The van der Waals surface area contributed by atoms with E-state index >= 15 is 0 Å². The second-order valence-electron chi connectivity index (χ2n) is 7.41. The van der Waals surface area contributed by atoms with E-state index in [2.05, 4.69) is 24.5 Å². The molecule has 0 saturated heterocycles. The Bertz CT molecular complexity index is 493. The lowest BCUT2D eigenvalue weighted by Crippen LogP contribution is -2.33. The van der Waals surface area contributed by atoms with Crippen LogP contribution in [0.1, 0.15) is 76.8 Å². The van der Waals surface area contributed by atoms with E-state index in [-0.39, 0.29) is 25.6 Å².